The molecule has 1 aliphatic heterocycles. The monoisotopic (exact) mass is 281 g/mol. The van der Waals surface area contributed by atoms with E-state index in [4.69, 9.17) is 5.73 Å². The molecule has 1 aromatic rings. The molecule has 0 aromatic heterocycles. The lowest BCUT2D eigenvalue weighted by atomic mass is 9.94. The smallest absolute Gasteiger partial charge is 0.238 e. The molecule has 1 aliphatic rings. The third kappa shape index (κ3) is 3.91. The third-order valence-corrected chi connectivity index (χ3v) is 3.59. The molecule has 6 heteroatoms. The van der Waals surface area contributed by atoms with Crippen molar-refractivity contribution in [1.82, 2.24) is 4.90 Å². The fourth-order valence-electron chi connectivity index (χ4n) is 2.23. The van der Waals surface area contributed by atoms with Crippen LogP contribution in [0.4, 0.5) is 15.8 Å². The molecule has 4 N–H and O–H groups in total. The SMILES string of the molecule is CC1(O)CCN(CC(=O)Nc2ccc(F)cc2N)CC1. The third-order valence-electron chi connectivity index (χ3n) is 3.59. The first-order valence-electron chi connectivity index (χ1n) is 6.65. The largest absolute Gasteiger partial charge is 0.397 e. The number of anilines is 2. The molecule has 0 aliphatic carbocycles. The number of likely N-dealkylation sites (tertiary alicyclic amines) is 1. The highest BCUT2D eigenvalue weighted by Crippen LogP contribution is 2.22. The van der Waals surface area contributed by atoms with Crippen LogP contribution in [0, 0.1) is 5.82 Å². The van der Waals surface area contributed by atoms with Crippen molar-refractivity contribution in [2.75, 3.05) is 30.7 Å². The lowest BCUT2D eigenvalue weighted by molar-refractivity contribution is -0.118. The minimum absolute atomic E-state index is 0.190. The number of benzene rings is 1. The van der Waals surface area contributed by atoms with Crippen LogP contribution >= 0.6 is 0 Å². The fraction of sp³-hybridized carbons (Fsp3) is 0.500. The summed E-state index contributed by atoms with van der Waals surface area (Å²) >= 11 is 0. The minimum Gasteiger partial charge on any atom is -0.397 e. The quantitative estimate of drug-likeness (QED) is 0.727. The number of hydrogen-bond acceptors (Lipinski definition) is 4. The van der Waals surface area contributed by atoms with E-state index in [1.54, 1.807) is 0 Å². The van der Waals surface area contributed by atoms with E-state index >= 15 is 0 Å². The van der Waals surface area contributed by atoms with Crippen molar-refractivity contribution >= 4 is 17.3 Å². The second-order valence-corrected chi connectivity index (χ2v) is 5.55. The molecule has 1 saturated heterocycles. The predicted octanol–water partition coefficient (Wildman–Crippen LogP) is 1.19. The van der Waals surface area contributed by atoms with E-state index in [9.17, 15) is 14.3 Å². The number of nitrogen functional groups attached to an aromatic ring is 1. The van der Waals surface area contributed by atoms with Crippen LogP contribution in [0.5, 0.6) is 0 Å². The minimum atomic E-state index is -0.631. The normalized spacial score (nSPS) is 18.8. The molecule has 20 heavy (non-hydrogen) atoms. The summed E-state index contributed by atoms with van der Waals surface area (Å²) in [5.41, 5.74) is 5.63. The molecule has 1 fully saturated rings. The molecule has 2 rings (SSSR count). The molecular formula is C14H20FN3O2. The molecule has 1 heterocycles. The van der Waals surface area contributed by atoms with Gasteiger partial charge in [-0.05, 0) is 38.0 Å². The van der Waals surface area contributed by atoms with Gasteiger partial charge < -0.3 is 16.2 Å². The van der Waals surface area contributed by atoms with Gasteiger partial charge in [-0.3, -0.25) is 9.69 Å². The number of nitrogens with one attached hydrogen (secondary N) is 1. The Bertz CT molecular complexity index is 495. The lowest BCUT2D eigenvalue weighted by Crippen LogP contribution is -2.45. The zero-order valence-corrected chi connectivity index (χ0v) is 11.5. The maximum absolute atomic E-state index is 12.9. The first-order chi connectivity index (χ1) is 9.35. The Kier molecular flexibility index (Phi) is 4.25. The summed E-state index contributed by atoms with van der Waals surface area (Å²) in [6.07, 6.45) is 1.30. The topological polar surface area (TPSA) is 78.6 Å². The van der Waals surface area contributed by atoms with E-state index in [0.29, 0.717) is 31.6 Å². The van der Waals surface area contributed by atoms with Crippen LogP contribution in [0.3, 0.4) is 0 Å². The summed E-state index contributed by atoms with van der Waals surface area (Å²) in [4.78, 5) is 13.9. The highest BCUT2D eigenvalue weighted by Gasteiger charge is 2.28. The first-order valence-corrected chi connectivity index (χ1v) is 6.65. The molecule has 0 bridgehead atoms. The molecule has 5 nitrogen and oxygen atoms in total. The van der Waals surface area contributed by atoms with Crippen LogP contribution in [0.1, 0.15) is 19.8 Å². The average Bonchev–Trinajstić information content (AvgIpc) is 2.35. The second kappa shape index (κ2) is 5.76. The van der Waals surface area contributed by atoms with Crippen molar-refractivity contribution in [2.45, 2.75) is 25.4 Å². The Balaban J connectivity index is 1.87. The maximum Gasteiger partial charge on any atom is 0.238 e. The number of amides is 1. The van der Waals surface area contributed by atoms with E-state index in [2.05, 4.69) is 5.32 Å². The van der Waals surface area contributed by atoms with E-state index in [-0.39, 0.29) is 18.1 Å². The number of nitrogens with zero attached hydrogens (tertiary/aromatic N) is 1. The van der Waals surface area contributed by atoms with Crippen LogP contribution < -0.4 is 11.1 Å². The maximum atomic E-state index is 12.9. The molecule has 110 valence electrons. The average molecular weight is 281 g/mol. The Morgan fingerprint density at radius 1 is 1.50 bits per heavy atom. The summed E-state index contributed by atoms with van der Waals surface area (Å²) in [5.74, 6) is -0.622. The van der Waals surface area contributed by atoms with Gasteiger partial charge in [0, 0.05) is 13.1 Å². The number of aliphatic hydroxyl groups is 1. The van der Waals surface area contributed by atoms with Gasteiger partial charge in [0.2, 0.25) is 5.91 Å². The number of carbonyl (C=O) groups is 1. The van der Waals surface area contributed by atoms with E-state index in [0.717, 1.165) is 0 Å². The molecule has 0 spiro atoms. The van der Waals surface area contributed by atoms with Crippen LogP contribution in [0.2, 0.25) is 0 Å². The van der Waals surface area contributed by atoms with Crippen LogP contribution in [-0.4, -0.2) is 41.1 Å². The highest BCUT2D eigenvalue weighted by molar-refractivity contribution is 5.95. The van der Waals surface area contributed by atoms with Crippen LogP contribution in [0.25, 0.3) is 0 Å². The van der Waals surface area contributed by atoms with Crippen molar-refractivity contribution in [3.63, 3.8) is 0 Å². The van der Waals surface area contributed by atoms with E-state index < -0.39 is 11.4 Å². The standard InChI is InChI=1S/C14H20FN3O2/c1-14(20)4-6-18(7-5-14)9-13(19)17-12-3-2-10(15)8-11(12)16/h2-3,8,20H,4-7,9,16H2,1H3,(H,17,19). The number of piperidine rings is 1. The van der Waals surface area contributed by atoms with Gasteiger partial charge in [-0.25, -0.2) is 4.39 Å². The fourth-order valence-corrected chi connectivity index (χ4v) is 2.23. The van der Waals surface area contributed by atoms with Crippen LogP contribution in [-0.2, 0) is 4.79 Å². The van der Waals surface area contributed by atoms with E-state index in [1.807, 2.05) is 11.8 Å². The van der Waals surface area contributed by atoms with Crippen molar-refractivity contribution in [2.24, 2.45) is 0 Å². The van der Waals surface area contributed by atoms with Crippen molar-refractivity contribution in [3.05, 3.63) is 24.0 Å². The van der Waals surface area contributed by atoms with Crippen molar-refractivity contribution in [1.29, 1.82) is 0 Å². The van der Waals surface area contributed by atoms with Gasteiger partial charge in [0.25, 0.3) is 0 Å². The summed E-state index contributed by atoms with van der Waals surface area (Å²) in [6.45, 7) is 3.41. The number of carbonyl (C=O) groups excluding carboxylic acids is 1. The number of hydrogen-bond donors (Lipinski definition) is 3. The van der Waals surface area contributed by atoms with Crippen molar-refractivity contribution < 1.29 is 14.3 Å². The Labute approximate surface area is 117 Å². The number of nitrogens with two attached hydrogens (primary N) is 1. The van der Waals surface area contributed by atoms with Crippen LogP contribution in [0.15, 0.2) is 18.2 Å². The summed E-state index contributed by atoms with van der Waals surface area (Å²) in [5, 5.41) is 12.5. The van der Waals surface area contributed by atoms with E-state index in [1.165, 1.54) is 18.2 Å². The molecule has 1 amide bonds. The zero-order valence-electron chi connectivity index (χ0n) is 11.5. The predicted molar refractivity (Wildman–Crippen MR) is 75.7 cm³/mol. The van der Waals surface area contributed by atoms with Gasteiger partial charge in [0.05, 0.1) is 23.5 Å². The summed E-state index contributed by atoms with van der Waals surface area (Å²) < 4.78 is 12.9. The first kappa shape index (κ1) is 14.7. The van der Waals surface area contributed by atoms with Crippen molar-refractivity contribution in [3.8, 4) is 0 Å². The van der Waals surface area contributed by atoms with Gasteiger partial charge in [-0.1, -0.05) is 0 Å². The molecule has 1 aromatic carbocycles. The van der Waals surface area contributed by atoms with Gasteiger partial charge in [0.1, 0.15) is 5.82 Å². The number of rotatable bonds is 3. The molecule has 0 atom stereocenters. The molecular weight excluding hydrogens is 261 g/mol. The van der Waals surface area contributed by atoms with Gasteiger partial charge >= 0.3 is 0 Å². The number of halogens is 1. The molecule has 0 unspecified atom stereocenters. The summed E-state index contributed by atoms with van der Waals surface area (Å²) in [7, 11) is 0. The molecule has 0 radical (unpaired) electrons. The molecule has 0 saturated carbocycles. The Morgan fingerprint density at radius 2 is 2.15 bits per heavy atom. The zero-order chi connectivity index (χ0) is 14.8. The summed E-state index contributed by atoms with van der Waals surface area (Å²) in [6, 6.07) is 3.88. The Morgan fingerprint density at radius 3 is 2.75 bits per heavy atom. The lowest BCUT2D eigenvalue weighted by Gasteiger charge is -2.35. The van der Waals surface area contributed by atoms with Gasteiger partial charge in [0.15, 0.2) is 0 Å². The van der Waals surface area contributed by atoms with Gasteiger partial charge in [-0.15, -0.1) is 0 Å². The second-order valence-electron chi connectivity index (χ2n) is 5.55. The Hall–Kier alpha value is -1.66. The highest BCUT2D eigenvalue weighted by atomic mass is 19.1. The van der Waals surface area contributed by atoms with Gasteiger partial charge in [-0.2, -0.15) is 0 Å².